The number of hydrogen-bond acceptors (Lipinski definition) is 7. The molecule has 0 saturated heterocycles. The Balaban J connectivity index is 2.45. The molecule has 1 heterocycles. The van der Waals surface area contributed by atoms with E-state index in [2.05, 4.69) is 0 Å². The van der Waals surface area contributed by atoms with Crippen LogP contribution < -0.4 is 0 Å². The minimum Gasteiger partial charge on any atom is -0.459 e. The number of aliphatic hydroxyl groups excluding tert-OH is 4. The van der Waals surface area contributed by atoms with Gasteiger partial charge in [0, 0.05) is 4.88 Å². The fourth-order valence-electron chi connectivity index (χ4n) is 1.56. The summed E-state index contributed by atoms with van der Waals surface area (Å²) >= 11 is 1.33. The van der Waals surface area contributed by atoms with Crippen LogP contribution in [0.1, 0.15) is 27.9 Å². The van der Waals surface area contributed by atoms with Crippen LogP contribution in [0.25, 0.3) is 0 Å². The normalized spacial score (nSPS) is 15.7. The highest BCUT2D eigenvalue weighted by molar-refractivity contribution is 7.13. The quantitative estimate of drug-likeness (QED) is 0.501. The molecule has 0 aromatic carbocycles. The fourth-order valence-corrected chi connectivity index (χ4v) is 2.57. The minimum absolute atomic E-state index is 0.429. The number of esters is 1. The molecule has 7 heteroatoms. The van der Waals surface area contributed by atoms with E-state index in [1.165, 1.54) is 11.3 Å². The zero-order chi connectivity index (χ0) is 15.1. The van der Waals surface area contributed by atoms with E-state index in [9.17, 15) is 15.0 Å². The summed E-state index contributed by atoms with van der Waals surface area (Å²) in [6, 6.07) is 3.51. The molecule has 0 amide bonds. The molecule has 114 valence electrons. The Kier molecular flexibility index (Phi) is 7.11. The van der Waals surface area contributed by atoms with Gasteiger partial charge in [0.05, 0.1) is 6.61 Å². The standard InChI is InChI=1S/C13H20O6S/c1-2-3-8-4-5-11(20-8)13(18)19-7-10(16)12(17)9(15)6-14/h4-5,9-10,12,14-17H,2-3,6-7H2,1H3. The molecule has 6 nitrogen and oxygen atoms in total. The average molecular weight is 304 g/mol. The molecule has 20 heavy (non-hydrogen) atoms. The van der Waals surface area contributed by atoms with Crippen LogP contribution in [0.4, 0.5) is 0 Å². The highest BCUT2D eigenvalue weighted by Gasteiger charge is 2.25. The summed E-state index contributed by atoms with van der Waals surface area (Å²) in [5.41, 5.74) is 0. The van der Waals surface area contributed by atoms with E-state index in [-0.39, 0.29) is 0 Å². The minimum atomic E-state index is -1.56. The number of thiophene rings is 1. The number of rotatable bonds is 8. The number of carbonyl (C=O) groups excluding carboxylic acids is 1. The second-order valence-electron chi connectivity index (χ2n) is 4.42. The van der Waals surface area contributed by atoms with Crippen molar-refractivity contribution in [3.05, 3.63) is 21.9 Å². The molecule has 0 spiro atoms. The van der Waals surface area contributed by atoms with Crippen molar-refractivity contribution in [2.75, 3.05) is 13.2 Å². The van der Waals surface area contributed by atoms with Crippen molar-refractivity contribution in [2.24, 2.45) is 0 Å². The average Bonchev–Trinajstić information content (AvgIpc) is 2.91. The largest absolute Gasteiger partial charge is 0.459 e. The van der Waals surface area contributed by atoms with E-state index in [0.29, 0.717) is 4.88 Å². The van der Waals surface area contributed by atoms with Crippen molar-refractivity contribution in [2.45, 2.75) is 38.1 Å². The third-order valence-corrected chi connectivity index (χ3v) is 3.84. The molecule has 3 unspecified atom stereocenters. The lowest BCUT2D eigenvalue weighted by atomic mass is 10.1. The number of carbonyl (C=O) groups is 1. The first-order valence-corrected chi connectivity index (χ1v) is 7.22. The van der Waals surface area contributed by atoms with Crippen LogP contribution in [0, 0.1) is 0 Å². The highest BCUT2D eigenvalue weighted by atomic mass is 32.1. The third kappa shape index (κ3) is 4.84. The van der Waals surface area contributed by atoms with Crippen LogP contribution in [0.2, 0.25) is 0 Å². The highest BCUT2D eigenvalue weighted by Crippen LogP contribution is 2.19. The van der Waals surface area contributed by atoms with Crippen molar-refractivity contribution >= 4 is 17.3 Å². The van der Waals surface area contributed by atoms with Crippen molar-refractivity contribution in [3.63, 3.8) is 0 Å². The van der Waals surface area contributed by atoms with Crippen molar-refractivity contribution in [1.29, 1.82) is 0 Å². The SMILES string of the molecule is CCCc1ccc(C(=O)OCC(O)C(O)C(O)CO)s1. The lowest BCUT2D eigenvalue weighted by Gasteiger charge is -2.20. The molecule has 0 aliphatic heterocycles. The van der Waals surface area contributed by atoms with Gasteiger partial charge >= 0.3 is 5.97 Å². The number of aryl methyl sites for hydroxylation is 1. The Morgan fingerprint density at radius 3 is 2.60 bits per heavy atom. The van der Waals surface area contributed by atoms with Crippen LogP contribution >= 0.6 is 11.3 Å². The van der Waals surface area contributed by atoms with Crippen molar-refractivity contribution < 1.29 is 30.0 Å². The van der Waals surface area contributed by atoms with Gasteiger partial charge in [-0.05, 0) is 18.6 Å². The van der Waals surface area contributed by atoms with Gasteiger partial charge in [-0.1, -0.05) is 13.3 Å². The predicted molar refractivity (Wildman–Crippen MR) is 73.7 cm³/mol. The Morgan fingerprint density at radius 2 is 2.00 bits per heavy atom. The van der Waals surface area contributed by atoms with Crippen LogP contribution in [0.5, 0.6) is 0 Å². The summed E-state index contributed by atoms with van der Waals surface area (Å²) in [4.78, 5) is 13.2. The zero-order valence-electron chi connectivity index (χ0n) is 11.2. The van der Waals surface area contributed by atoms with Gasteiger partial charge in [0.25, 0.3) is 0 Å². The lowest BCUT2D eigenvalue weighted by Crippen LogP contribution is -2.42. The Hall–Kier alpha value is -0.990. The smallest absolute Gasteiger partial charge is 0.348 e. The summed E-state index contributed by atoms with van der Waals surface area (Å²) in [5, 5.41) is 36.7. The molecule has 4 N–H and O–H groups in total. The van der Waals surface area contributed by atoms with E-state index >= 15 is 0 Å². The first-order chi connectivity index (χ1) is 9.49. The van der Waals surface area contributed by atoms with Crippen LogP contribution in [-0.4, -0.2) is 57.9 Å². The molecule has 0 saturated carbocycles. The molecule has 0 fully saturated rings. The molecular weight excluding hydrogens is 284 g/mol. The second-order valence-corrected chi connectivity index (χ2v) is 5.59. The maximum atomic E-state index is 11.7. The zero-order valence-corrected chi connectivity index (χ0v) is 12.0. The molecular formula is C13H20O6S. The van der Waals surface area contributed by atoms with Crippen LogP contribution in [-0.2, 0) is 11.2 Å². The topological polar surface area (TPSA) is 107 Å². The summed E-state index contributed by atoms with van der Waals surface area (Å²) in [6.07, 6.45) is -2.61. The fraction of sp³-hybridized carbons (Fsp3) is 0.615. The molecule has 0 aliphatic carbocycles. The van der Waals surface area contributed by atoms with Gasteiger partial charge < -0.3 is 25.2 Å². The molecule has 0 radical (unpaired) electrons. The maximum Gasteiger partial charge on any atom is 0.348 e. The third-order valence-electron chi connectivity index (χ3n) is 2.72. The van der Waals surface area contributed by atoms with Gasteiger partial charge in [-0.3, -0.25) is 0 Å². The van der Waals surface area contributed by atoms with E-state index in [4.69, 9.17) is 14.9 Å². The lowest BCUT2D eigenvalue weighted by molar-refractivity contribution is -0.0925. The first kappa shape index (κ1) is 17.1. The van der Waals surface area contributed by atoms with Crippen molar-refractivity contribution in [3.8, 4) is 0 Å². The Morgan fingerprint density at radius 1 is 1.30 bits per heavy atom. The van der Waals surface area contributed by atoms with Crippen molar-refractivity contribution in [1.82, 2.24) is 0 Å². The Bertz CT molecular complexity index is 419. The summed E-state index contributed by atoms with van der Waals surface area (Å²) < 4.78 is 4.87. The molecule has 1 rings (SSSR count). The van der Waals surface area contributed by atoms with Crippen LogP contribution in [0.3, 0.4) is 0 Å². The number of hydrogen-bond donors (Lipinski definition) is 4. The summed E-state index contributed by atoms with van der Waals surface area (Å²) in [7, 11) is 0. The van der Waals surface area contributed by atoms with E-state index in [1.54, 1.807) is 6.07 Å². The monoisotopic (exact) mass is 304 g/mol. The molecule has 0 aliphatic rings. The molecule has 3 atom stereocenters. The molecule has 1 aromatic heterocycles. The number of aliphatic hydroxyl groups is 4. The van der Waals surface area contributed by atoms with Gasteiger partial charge in [0.2, 0.25) is 0 Å². The van der Waals surface area contributed by atoms with E-state index in [0.717, 1.165) is 17.7 Å². The molecule has 0 bridgehead atoms. The summed E-state index contributed by atoms with van der Waals surface area (Å²) in [5.74, 6) is -0.581. The predicted octanol–water partition coefficient (Wildman–Crippen LogP) is -0.0676. The van der Waals surface area contributed by atoms with Gasteiger partial charge in [0.15, 0.2) is 0 Å². The van der Waals surface area contributed by atoms with Gasteiger partial charge in [-0.2, -0.15) is 0 Å². The molecule has 1 aromatic rings. The van der Waals surface area contributed by atoms with E-state index in [1.807, 2.05) is 13.0 Å². The summed E-state index contributed by atoms with van der Waals surface area (Å²) in [6.45, 7) is 0.914. The number of ether oxygens (including phenoxy) is 1. The maximum absolute atomic E-state index is 11.7. The van der Waals surface area contributed by atoms with Gasteiger partial charge in [-0.25, -0.2) is 4.79 Å². The second kappa shape index (κ2) is 8.33. The van der Waals surface area contributed by atoms with Gasteiger partial charge in [-0.15, -0.1) is 11.3 Å². The first-order valence-electron chi connectivity index (χ1n) is 6.40. The van der Waals surface area contributed by atoms with Gasteiger partial charge in [0.1, 0.15) is 29.8 Å². The Labute approximate surface area is 121 Å². The van der Waals surface area contributed by atoms with E-state index < -0.39 is 37.5 Å². The van der Waals surface area contributed by atoms with Crippen LogP contribution in [0.15, 0.2) is 12.1 Å².